The van der Waals surface area contributed by atoms with Crippen molar-refractivity contribution in [2.75, 3.05) is 0 Å². The van der Waals surface area contributed by atoms with Crippen LogP contribution in [0.4, 0.5) is 0 Å². The number of hydrogen-bond donors (Lipinski definition) is 0. The van der Waals surface area contributed by atoms with Crippen LogP contribution in [-0.4, -0.2) is 0 Å². The maximum atomic E-state index is 5.28. The van der Waals surface area contributed by atoms with Gasteiger partial charge in [0.25, 0.3) is 0 Å². The van der Waals surface area contributed by atoms with Gasteiger partial charge in [-0.25, -0.2) is 0 Å². The van der Waals surface area contributed by atoms with Gasteiger partial charge in [-0.2, -0.15) is 0 Å². The minimum absolute atomic E-state index is 0.843. The average molecular weight is 160 g/mol. The van der Waals surface area contributed by atoms with E-state index in [1.807, 2.05) is 43.3 Å². The van der Waals surface area contributed by atoms with Crippen molar-refractivity contribution < 1.29 is 4.74 Å². The third kappa shape index (κ3) is 3.06. The minimum Gasteiger partial charge on any atom is -0.465 e. The Hall–Kier alpha value is -1.50. The van der Waals surface area contributed by atoms with Gasteiger partial charge in [0.1, 0.15) is 5.75 Å². The molecule has 1 rings (SSSR count). The number of para-hydroxylation sites is 1. The number of hydrogen-bond acceptors (Lipinski definition) is 1. The molecule has 0 bridgehead atoms. The van der Waals surface area contributed by atoms with E-state index < -0.39 is 0 Å². The molecule has 0 spiro atoms. The molecule has 1 nitrogen and oxygen atoms in total. The molecule has 0 heterocycles. The predicted molar refractivity (Wildman–Crippen MR) is 51.0 cm³/mol. The first kappa shape index (κ1) is 8.60. The summed E-state index contributed by atoms with van der Waals surface area (Å²) in [6.45, 7) is 5.64. The molecule has 0 amide bonds. The molecule has 62 valence electrons. The number of benzene rings is 1. The zero-order valence-electron chi connectivity index (χ0n) is 7.16. The number of rotatable bonds is 3. The lowest BCUT2D eigenvalue weighted by Crippen LogP contribution is -1.80. The van der Waals surface area contributed by atoms with Gasteiger partial charge in [-0.1, -0.05) is 30.4 Å². The molecule has 12 heavy (non-hydrogen) atoms. The van der Waals surface area contributed by atoms with Crippen molar-refractivity contribution in [3.63, 3.8) is 0 Å². The molecular formula is C11H12O. The molecule has 0 fully saturated rings. The molecule has 0 aliphatic carbocycles. The topological polar surface area (TPSA) is 9.23 Å². The zero-order chi connectivity index (χ0) is 8.81. The standard InChI is InChI=1S/C11H12O/c1-10(2)8-9-12-11-6-4-3-5-7-11/h3-9H,1H2,2H3/b9-8+. The van der Waals surface area contributed by atoms with Crippen LogP contribution in [0.3, 0.4) is 0 Å². The Morgan fingerprint density at radius 3 is 2.58 bits per heavy atom. The molecule has 0 unspecified atom stereocenters. The van der Waals surface area contributed by atoms with Crippen LogP contribution in [0.15, 0.2) is 54.8 Å². The fourth-order valence-electron chi connectivity index (χ4n) is 0.728. The number of allylic oxidation sites excluding steroid dienone is 2. The monoisotopic (exact) mass is 160 g/mol. The summed E-state index contributed by atoms with van der Waals surface area (Å²) in [5.41, 5.74) is 0.978. The van der Waals surface area contributed by atoms with Crippen LogP contribution < -0.4 is 4.74 Å². The van der Waals surface area contributed by atoms with Crippen molar-refractivity contribution in [2.45, 2.75) is 6.92 Å². The van der Waals surface area contributed by atoms with E-state index in [4.69, 9.17) is 4.74 Å². The summed E-state index contributed by atoms with van der Waals surface area (Å²) in [6, 6.07) is 9.63. The van der Waals surface area contributed by atoms with E-state index in [1.165, 1.54) is 0 Å². The summed E-state index contributed by atoms with van der Waals surface area (Å²) in [5, 5.41) is 0. The van der Waals surface area contributed by atoms with Crippen LogP contribution in [-0.2, 0) is 0 Å². The molecule has 1 aromatic rings. The molecule has 0 aliphatic heterocycles. The lowest BCUT2D eigenvalue weighted by Gasteiger charge is -1.97. The smallest absolute Gasteiger partial charge is 0.126 e. The highest BCUT2D eigenvalue weighted by Gasteiger charge is 1.84. The molecule has 0 atom stereocenters. The van der Waals surface area contributed by atoms with Crippen molar-refractivity contribution in [2.24, 2.45) is 0 Å². The summed E-state index contributed by atoms with van der Waals surface area (Å²) < 4.78 is 5.28. The van der Waals surface area contributed by atoms with Gasteiger partial charge >= 0.3 is 0 Å². The SMILES string of the molecule is C=C(C)/C=C/Oc1ccccc1. The Kier molecular flexibility index (Phi) is 3.15. The summed E-state index contributed by atoms with van der Waals surface area (Å²) >= 11 is 0. The van der Waals surface area contributed by atoms with Gasteiger partial charge in [-0.15, -0.1) is 0 Å². The fraction of sp³-hybridized carbons (Fsp3) is 0.0909. The van der Waals surface area contributed by atoms with Crippen molar-refractivity contribution in [3.8, 4) is 5.75 Å². The van der Waals surface area contributed by atoms with Crippen LogP contribution >= 0.6 is 0 Å². The van der Waals surface area contributed by atoms with Crippen LogP contribution in [0.5, 0.6) is 5.75 Å². The van der Waals surface area contributed by atoms with E-state index in [1.54, 1.807) is 6.26 Å². The van der Waals surface area contributed by atoms with Crippen LogP contribution in [0.2, 0.25) is 0 Å². The normalized spacial score (nSPS) is 10.1. The Labute approximate surface area is 73.0 Å². The van der Waals surface area contributed by atoms with Crippen LogP contribution in [0.25, 0.3) is 0 Å². The van der Waals surface area contributed by atoms with Crippen LogP contribution in [0.1, 0.15) is 6.92 Å². The van der Waals surface area contributed by atoms with Gasteiger partial charge in [0.15, 0.2) is 0 Å². The van der Waals surface area contributed by atoms with E-state index in [0.29, 0.717) is 0 Å². The van der Waals surface area contributed by atoms with E-state index in [0.717, 1.165) is 11.3 Å². The first-order chi connectivity index (χ1) is 5.79. The molecule has 0 aromatic heterocycles. The zero-order valence-corrected chi connectivity index (χ0v) is 7.16. The Morgan fingerprint density at radius 1 is 1.33 bits per heavy atom. The molecule has 0 saturated heterocycles. The van der Waals surface area contributed by atoms with Gasteiger partial charge in [0, 0.05) is 0 Å². The maximum absolute atomic E-state index is 5.28. The highest BCUT2D eigenvalue weighted by Crippen LogP contribution is 2.08. The van der Waals surface area contributed by atoms with Crippen molar-refractivity contribution >= 4 is 0 Å². The van der Waals surface area contributed by atoms with Crippen molar-refractivity contribution in [1.82, 2.24) is 0 Å². The molecule has 0 aliphatic rings. The second-order valence-corrected chi connectivity index (χ2v) is 2.58. The quantitative estimate of drug-likeness (QED) is 0.487. The number of ether oxygens (including phenoxy) is 1. The average Bonchev–Trinajstić information content (AvgIpc) is 2.05. The predicted octanol–water partition coefficient (Wildman–Crippen LogP) is 3.16. The maximum Gasteiger partial charge on any atom is 0.126 e. The van der Waals surface area contributed by atoms with Gasteiger partial charge < -0.3 is 4.74 Å². The Balaban J connectivity index is 2.49. The minimum atomic E-state index is 0.843. The third-order valence-electron chi connectivity index (χ3n) is 1.30. The van der Waals surface area contributed by atoms with E-state index in [-0.39, 0.29) is 0 Å². The molecule has 0 radical (unpaired) electrons. The van der Waals surface area contributed by atoms with E-state index in [9.17, 15) is 0 Å². The second-order valence-electron chi connectivity index (χ2n) is 2.58. The first-order valence-corrected chi connectivity index (χ1v) is 3.83. The van der Waals surface area contributed by atoms with E-state index >= 15 is 0 Å². The summed E-state index contributed by atoms with van der Waals surface area (Å²) in [5.74, 6) is 0.843. The largest absolute Gasteiger partial charge is 0.465 e. The van der Waals surface area contributed by atoms with Gasteiger partial charge in [-0.05, 0) is 25.1 Å². The van der Waals surface area contributed by atoms with Crippen molar-refractivity contribution in [3.05, 3.63) is 54.8 Å². The molecular weight excluding hydrogens is 148 g/mol. The summed E-state index contributed by atoms with van der Waals surface area (Å²) in [4.78, 5) is 0. The van der Waals surface area contributed by atoms with E-state index in [2.05, 4.69) is 6.58 Å². The van der Waals surface area contributed by atoms with Crippen LogP contribution in [0, 0.1) is 0 Å². The second kappa shape index (κ2) is 4.39. The summed E-state index contributed by atoms with van der Waals surface area (Å²) in [6.07, 6.45) is 3.46. The fourth-order valence-corrected chi connectivity index (χ4v) is 0.728. The Bertz CT molecular complexity index is 272. The highest BCUT2D eigenvalue weighted by molar-refractivity contribution is 5.22. The highest BCUT2D eigenvalue weighted by atomic mass is 16.5. The van der Waals surface area contributed by atoms with Gasteiger partial charge in [0.05, 0.1) is 6.26 Å². The third-order valence-corrected chi connectivity index (χ3v) is 1.30. The molecule has 0 saturated carbocycles. The molecule has 0 N–H and O–H groups in total. The lowest BCUT2D eigenvalue weighted by atomic mass is 10.3. The first-order valence-electron chi connectivity index (χ1n) is 3.83. The molecule has 1 heteroatoms. The van der Waals surface area contributed by atoms with Gasteiger partial charge in [0.2, 0.25) is 0 Å². The molecule has 1 aromatic carbocycles. The summed E-state index contributed by atoms with van der Waals surface area (Å²) in [7, 11) is 0. The van der Waals surface area contributed by atoms with Gasteiger partial charge in [-0.3, -0.25) is 0 Å². The Morgan fingerprint density at radius 2 is 2.00 bits per heavy atom. The van der Waals surface area contributed by atoms with Crippen molar-refractivity contribution in [1.29, 1.82) is 0 Å². The lowest BCUT2D eigenvalue weighted by molar-refractivity contribution is 0.481.